The van der Waals surface area contributed by atoms with Gasteiger partial charge in [0.15, 0.2) is 0 Å². The first kappa shape index (κ1) is 25.7. The van der Waals surface area contributed by atoms with E-state index in [1.807, 2.05) is 30.3 Å². The molecule has 3 nitrogen and oxygen atoms in total. The molecule has 0 spiro atoms. The first-order valence-corrected chi connectivity index (χ1v) is 12.8. The highest BCUT2D eigenvalue weighted by Crippen LogP contribution is 2.47. The van der Waals surface area contributed by atoms with Gasteiger partial charge in [-0.05, 0) is 35.6 Å². The van der Waals surface area contributed by atoms with Crippen molar-refractivity contribution < 1.29 is 26.3 Å². The number of rotatable bonds is 7. The lowest BCUT2D eigenvalue weighted by Gasteiger charge is -2.47. The highest BCUT2D eigenvalue weighted by Gasteiger charge is 2.50. The fourth-order valence-corrected chi connectivity index (χ4v) is 6.77. The van der Waals surface area contributed by atoms with Gasteiger partial charge in [0.1, 0.15) is 0 Å². The van der Waals surface area contributed by atoms with Gasteiger partial charge in [-0.1, -0.05) is 78.9 Å². The van der Waals surface area contributed by atoms with Gasteiger partial charge in [0, 0.05) is 43.2 Å². The van der Waals surface area contributed by atoms with Gasteiger partial charge >= 0.3 is 0 Å². The van der Waals surface area contributed by atoms with Crippen LogP contribution in [0.5, 0.6) is 0 Å². The number of nitrogens with one attached hydrogen (secondary N) is 1. The van der Waals surface area contributed by atoms with Crippen molar-refractivity contribution in [1.29, 1.82) is 0 Å². The molecule has 5 rings (SSSR count). The summed E-state index contributed by atoms with van der Waals surface area (Å²) in [5.74, 6) is 0.649. The molecule has 2 fully saturated rings. The van der Waals surface area contributed by atoms with E-state index >= 15 is 0 Å². The maximum Gasteiger partial charge on any atom is 0.251 e. The second kappa shape index (κ2) is 10.7. The summed E-state index contributed by atoms with van der Waals surface area (Å²) in [7, 11) is 4.86. The Morgan fingerprint density at radius 2 is 1.26 bits per heavy atom. The van der Waals surface area contributed by atoms with Crippen molar-refractivity contribution in [3.05, 3.63) is 108 Å². The molecule has 1 amide bonds. The summed E-state index contributed by atoms with van der Waals surface area (Å²) in [5.41, 5.74) is 3.04. The van der Waals surface area contributed by atoms with Gasteiger partial charge in [-0.2, -0.15) is 0 Å². The molecule has 0 aliphatic carbocycles. The number of carbonyl (C=O) groups is 1. The Balaban J connectivity index is 0.00000289. The summed E-state index contributed by atoms with van der Waals surface area (Å²) >= 11 is 0. The summed E-state index contributed by atoms with van der Waals surface area (Å²) in [5, 5.41) is 3.34. The van der Waals surface area contributed by atoms with Gasteiger partial charge in [0.25, 0.3) is 5.91 Å². The monoisotopic (exact) mass is 532 g/mol. The van der Waals surface area contributed by atoms with Crippen molar-refractivity contribution in [2.45, 2.75) is 49.6 Å². The first-order chi connectivity index (χ1) is 16.5. The predicted octanol–water partition coefficient (Wildman–Crippen LogP) is 2.81. The standard InChI is InChI=1S/C31H36N2O.BrH/c1-33(2)28-18-19-29(33)21-24(20-28)22-31(26-14-8-4-9-15-26,27-16-10-5-11-17-27)23-32-30(34)25-12-6-3-7-13-25;/h3-17,24,28-29H,18-23H2,1-2H3;1H. The van der Waals surface area contributed by atoms with E-state index in [2.05, 4.69) is 80.1 Å². The topological polar surface area (TPSA) is 29.1 Å². The Hall–Kier alpha value is -2.43. The molecule has 2 heterocycles. The van der Waals surface area contributed by atoms with E-state index in [4.69, 9.17) is 0 Å². The molecule has 0 radical (unpaired) electrons. The number of benzene rings is 3. The molecule has 3 aromatic rings. The van der Waals surface area contributed by atoms with E-state index in [-0.39, 0.29) is 28.3 Å². The first-order valence-electron chi connectivity index (χ1n) is 12.8. The lowest BCUT2D eigenvalue weighted by molar-refractivity contribution is -0.931. The third kappa shape index (κ3) is 5.10. The number of quaternary nitrogens is 1. The van der Waals surface area contributed by atoms with Crippen molar-refractivity contribution in [2.24, 2.45) is 5.92 Å². The zero-order chi connectivity index (χ0) is 23.6. The van der Waals surface area contributed by atoms with Crippen LogP contribution in [0.2, 0.25) is 0 Å². The minimum absolute atomic E-state index is 0. The maximum absolute atomic E-state index is 13.1. The van der Waals surface area contributed by atoms with E-state index in [1.54, 1.807) is 0 Å². The van der Waals surface area contributed by atoms with Gasteiger partial charge in [0.2, 0.25) is 0 Å². The van der Waals surface area contributed by atoms with E-state index < -0.39 is 0 Å². The lowest BCUT2D eigenvalue weighted by Crippen LogP contribution is -3.00. The van der Waals surface area contributed by atoms with Gasteiger partial charge in [-0.3, -0.25) is 4.79 Å². The molecule has 1 N–H and O–H groups in total. The molecule has 0 saturated carbocycles. The zero-order valence-electron chi connectivity index (χ0n) is 20.9. The zero-order valence-corrected chi connectivity index (χ0v) is 22.5. The third-order valence-electron chi connectivity index (χ3n) is 8.80. The number of amides is 1. The summed E-state index contributed by atoms with van der Waals surface area (Å²) < 4.78 is 1.19. The molecule has 2 atom stereocenters. The summed E-state index contributed by atoms with van der Waals surface area (Å²) in [6.07, 6.45) is 6.31. The van der Waals surface area contributed by atoms with Crippen LogP contribution in [0.15, 0.2) is 91.0 Å². The van der Waals surface area contributed by atoms with Crippen LogP contribution in [0.1, 0.15) is 53.6 Å². The van der Waals surface area contributed by atoms with E-state index in [0.717, 1.165) is 18.5 Å². The quantitative estimate of drug-likeness (QED) is 0.466. The molecule has 2 unspecified atom stereocenters. The van der Waals surface area contributed by atoms with Crippen LogP contribution in [-0.4, -0.2) is 43.1 Å². The normalized spacial score (nSPS) is 22.7. The maximum atomic E-state index is 13.1. The number of hydrogen-bond donors (Lipinski definition) is 1. The van der Waals surface area contributed by atoms with Gasteiger partial charge < -0.3 is 26.8 Å². The van der Waals surface area contributed by atoms with Crippen LogP contribution in [0, 0.1) is 5.92 Å². The van der Waals surface area contributed by atoms with Crippen LogP contribution < -0.4 is 22.3 Å². The van der Waals surface area contributed by atoms with Crippen molar-refractivity contribution in [3.63, 3.8) is 0 Å². The Morgan fingerprint density at radius 3 is 1.74 bits per heavy atom. The van der Waals surface area contributed by atoms with Crippen LogP contribution in [0.25, 0.3) is 0 Å². The Labute approximate surface area is 220 Å². The largest absolute Gasteiger partial charge is 1.00 e. The molecule has 3 aromatic carbocycles. The Morgan fingerprint density at radius 1 is 0.800 bits per heavy atom. The third-order valence-corrected chi connectivity index (χ3v) is 8.80. The molecule has 4 heteroatoms. The fourth-order valence-electron chi connectivity index (χ4n) is 6.77. The molecule has 2 saturated heterocycles. The SMILES string of the molecule is C[N+]1(C)C2CCC1CC(CC(CNC(=O)c1ccccc1)(c1ccccc1)c1ccccc1)C2.[Br-]. The molecular weight excluding hydrogens is 496 g/mol. The number of halogens is 1. The van der Waals surface area contributed by atoms with Crippen LogP contribution in [-0.2, 0) is 5.41 Å². The fraction of sp³-hybridized carbons (Fsp3) is 0.387. The van der Waals surface area contributed by atoms with E-state index in [0.29, 0.717) is 18.0 Å². The molecule has 2 bridgehead atoms. The van der Waals surface area contributed by atoms with Gasteiger partial charge in [-0.25, -0.2) is 0 Å². The molecule has 0 aromatic heterocycles. The molecule has 35 heavy (non-hydrogen) atoms. The molecule has 2 aliphatic heterocycles. The minimum Gasteiger partial charge on any atom is -1.00 e. The number of carbonyl (C=O) groups excluding carboxylic acids is 1. The smallest absolute Gasteiger partial charge is 0.251 e. The molecule has 2 aliphatic rings. The Kier molecular flexibility index (Phi) is 7.83. The van der Waals surface area contributed by atoms with E-state index in [9.17, 15) is 4.79 Å². The van der Waals surface area contributed by atoms with Crippen molar-refractivity contribution in [1.82, 2.24) is 5.32 Å². The predicted molar refractivity (Wildman–Crippen MR) is 139 cm³/mol. The lowest BCUT2D eigenvalue weighted by atomic mass is 9.66. The summed E-state index contributed by atoms with van der Waals surface area (Å²) in [6, 6.07) is 32.8. The minimum atomic E-state index is -0.258. The van der Waals surface area contributed by atoms with E-state index in [1.165, 1.54) is 41.3 Å². The second-order valence-corrected chi connectivity index (χ2v) is 10.9. The summed E-state index contributed by atoms with van der Waals surface area (Å²) in [4.78, 5) is 13.1. The summed E-state index contributed by atoms with van der Waals surface area (Å²) in [6.45, 7) is 0.596. The number of nitrogens with zero attached hydrogens (tertiary/aromatic N) is 1. The van der Waals surface area contributed by atoms with Gasteiger partial charge in [0.05, 0.1) is 26.2 Å². The van der Waals surface area contributed by atoms with Crippen LogP contribution >= 0.6 is 0 Å². The highest BCUT2D eigenvalue weighted by atomic mass is 79.9. The highest BCUT2D eigenvalue weighted by molar-refractivity contribution is 5.94. The van der Waals surface area contributed by atoms with Crippen molar-refractivity contribution >= 4 is 5.91 Å². The molecular formula is C31H37BrN2O. The van der Waals surface area contributed by atoms with Crippen molar-refractivity contribution in [2.75, 3.05) is 20.6 Å². The van der Waals surface area contributed by atoms with Crippen LogP contribution in [0.3, 0.4) is 0 Å². The van der Waals surface area contributed by atoms with Crippen molar-refractivity contribution in [3.8, 4) is 0 Å². The van der Waals surface area contributed by atoms with Crippen LogP contribution in [0.4, 0.5) is 0 Å². The number of fused-ring (bicyclic) bond motifs is 2. The average Bonchev–Trinajstić information content (AvgIpc) is 3.03. The second-order valence-electron chi connectivity index (χ2n) is 10.9. The number of hydrogen-bond acceptors (Lipinski definition) is 1. The Bertz CT molecular complexity index is 1050. The number of piperidine rings is 1. The average molecular weight is 534 g/mol. The van der Waals surface area contributed by atoms with Gasteiger partial charge in [-0.15, -0.1) is 0 Å². The molecule has 184 valence electrons.